The van der Waals surface area contributed by atoms with Crippen molar-refractivity contribution in [3.05, 3.63) is 34.8 Å². The predicted octanol–water partition coefficient (Wildman–Crippen LogP) is 3.07. The molecule has 0 amide bonds. The number of aryl methyl sites for hydroxylation is 1. The van der Waals surface area contributed by atoms with Crippen LogP contribution >= 0.6 is 11.3 Å². The Morgan fingerprint density at radius 3 is 2.79 bits per heavy atom. The Labute approximate surface area is 115 Å². The molecular formula is C13H14N2O3S. The summed E-state index contributed by atoms with van der Waals surface area (Å²) in [6, 6.07) is 7.70. The molecule has 2 aromatic rings. The first-order valence-corrected chi connectivity index (χ1v) is 6.82. The fourth-order valence-electron chi connectivity index (χ4n) is 1.52. The molecule has 0 spiro atoms. The number of hydrogen-bond donors (Lipinski definition) is 0. The molecule has 0 unspecified atom stereocenters. The summed E-state index contributed by atoms with van der Waals surface area (Å²) in [4.78, 5) is 11.5. The second-order valence-corrected chi connectivity index (χ2v) is 4.60. The van der Waals surface area contributed by atoms with Crippen molar-refractivity contribution in [2.75, 3.05) is 6.61 Å². The Bertz CT molecular complexity index is 569. The topological polar surface area (TPSA) is 61.3 Å². The molecule has 19 heavy (non-hydrogen) atoms. The van der Waals surface area contributed by atoms with Crippen molar-refractivity contribution in [3.63, 3.8) is 0 Å². The zero-order valence-corrected chi connectivity index (χ0v) is 11.6. The van der Waals surface area contributed by atoms with Crippen LogP contribution in [0.3, 0.4) is 0 Å². The first-order valence-electron chi connectivity index (χ1n) is 6.01. The lowest BCUT2D eigenvalue weighted by Gasteiger charge is -2.05. The summed E-state index contributed by atoms with van der Waals surface area (Å²) in [6.45, 7) is 4.10. The van der Waals surface area contributed by atoms with Crippen LogP contribution in [-0.4, -0.2) is 22.8 Å². The molecule has 5 nitrogen and oxygen atoms in total. The number of esters is 1. The highest BCUT2D eigenvalue weighted by Crippen LogP contribution is 2.28. The van der Waals surface area contributed by atoms with Crippen LogP contribution in [0.2, 0.25) is 0 Å². The van der Waals surface area contributed by atoms with Gasteiger partial charge < -0.3 is 9.47 Å². The summed E-state index contributed by atoms with van der Waals surface area (Å²) >= 11 is 1.08. The van der Waals surface area contributed by atoms with E-state index in [2.05, 4.69) is 10.2 Å². The van der Waals surface area contributed by atoms with Gasteiger partial charge in [-0.05, 0) is 36.3 Å². The summed E-state index contributed by atoms with van der Waals surface area (Å²) < 4.78 is 10.5. The van der Waals surface area contributed by atoms with Crippen LogP contribution in [0.5, 0.6) is 10.9 Å². The number of carbonyl (C=O) groups excluding carboxylic acids is 1. The zero-order valence-electron chi connectivity index (χ0n) is 10.8. The number of nitrogens with zero attached hydrogens (tertiary/aromatic N) is 2. The van der Waals surface area contributed by atoms with Gasteiger partial charge >= 0.3 is 5.97 Å². The molecule has 0 saturated carbocycles. The molecule has 0 atom stereocenters. The molecule has 0 aliphatic heterocycles. The van der Waals surface area contributed by atoms with E-state index in [1.54, 1.807) is 6.92 Å². The Hall–Kier alpha value is -1.95. The van der Waals surface area contributed by atoms with Crippen LogP contribution in [0.1, 0.15) is 29.2 Å². The van der Waals surface area contributed by atoms with Gasteiger partial charge in [0.2, 0.25) is 5.01 Å². The maximum absolute atomic E-state index is 11.5. The summed E-state index contributed by atoms with van der Waals surface area (Å²) in [5.41, 5.74) is 1.08. The largest absolute Gasteiger partial charge is 0.461 e. The Morgan fingerprint density at radius 2 is 2.05 bits per heavy atom. The quantitative estimate of drug-likeness (QED) is 0.786. The lowest BCUT2D eigenvalue weighted by molar-refractivity contribution is 0.0525. The monoisotopic (exact) mass is 278 g/mol. The van der Waals surface area contributed by atoms with Gasteiger partial charge in [0.25, 0.3) is 5.19 Å². The molecular weight excluding hydrogens is 264 g/mol. The van der Waals surface area contributed by atoms with Gasteiger partial charge in [-0.25, -0.2) is 4.79 Å². The average molecular weight is 278 g/mol. The smallest absolute Gasteiger partial charge is 0.369 e. The normalized spacial score (nSPS) is 10.2. The molecule has 2 rings (SSSR count). The van der Waals surface area contributed by atoms with Gasteiger partial charge in [0.05, 0.1) is 6.61 Å². The van der Waals surface area contributed by atoms with E-state index in [0.717, 1.165) is 29.1 Å². The number of benzene rings is 1. The molecule has 6 heteroatoms. The highest BCUT2D eigenvalue weighted by atomic mass is 32.1. The minimum atomic E-state index is -0.473. The lowest BCUT2D eigenvalue weighted by atomic mass is 10.1. The first kappa shape index (κ1) is 13.5. The van der Waals surface area contributed by atoms with E-state index < -0.39 is 5.97 Å². The van der Waals surface area contributed by atoms with E-state index in [0.29, 0.717) is 11.8 Å². The van der Waals surface area contributed by atoms with Crippen molar-refractivity contribution in [1.29, 1.82) is 0 Å². The van der Waals surface area contributed by atoms with E-state index in [1.165, 1.54) is 0 Å². The van der Waals surface area contributed by atoms with Gasteiger partial charge in [-0.2, -0.15) is 0 Å². The molecule has 100 valence electrons. The molecule has 1 aromatic heterocycles. The summed E-state index contributed by atoms with van der Waals surface area (Å²) in [5.74, 6) is 0.259. The second kappa shape index (κ2) is 6.29. The van der Waals surface area contributed by atoms with Crippen LogP contribution < -0.4 is 4.74 Å². The third-order valence-corrected chi connectivity index (χ3v) is 3.19. The number of rotatable bonds is 5. The fraction of sp³-hybridized carbons (Fsp3) is 0.308. The van der Waals surface area contributed by atoms with Crippen molar-refractivity contribution in [1.82, 2.24) is 10.2 Å². The third kappa shape index (κ3) is 3.29. The van der Waals surface area contributed by atoms with Gasteiger partial charge in [-0.15, -0.1) is 5.10 Å². The molecule has 0 aliphatic carbocycles. The van der Waals surface area contributed by atoms with Gasteiger partial charge in [0, 0.05) is 0 Å². The van der Waals surface area contributed by atoms with E-state index in [-0.39, 0.29) is 5.01 Å². The van der Waals surface area contributed by atoms with E-state index in [9.17, 15) is 4.79 Å². The Morgan fingerprint density at radius 1 is 1.26 bits per heavy atom. The zero-order chi connectivity index (χ0) is 13.7. The number of carbonyl (C=O) groups is 1. The first-order chi connectivity index (χ1) is 9.24. The molecule has 0 radical (unpaired) electrons. The van der Waals surface area contributed by atoms with Gasteiger partial charge in [0.15, 0.2) is 0 Å². The van der Waals surface area contributed by atoms with Crippen molar-refractivity contribution in [2.45, 2.75) is 20.3 Å². The maximum atomic E-state index is 11.5. The molecule has 1 aromatic carbocycles. The fourth-order valence-corrected chi connectivity index (χ4v) is 2.12. The Balaban J connectivity index is 2.13. The third-order valence-electron chi connectivity index (χ3n) is 2.41. The molecule has 0 fully saturated rings. The SMILES string of the molecule is CCOC(=O)c1nnc(Oc2ccccc2CC)s1. The maximum Gasteiger partial charge on any atom is 0.369 e. The minimum Gasteiger partial charge on any atom is -0.461 e. The number of aromatic nitrogens is 2. The molecule has 0 N–H and O–H groups in total. The molecule has 0 saturated heterocycles. The number of ether oxygens (including phenoxy) is 2. The van der Waals surface area contributed by atoms with Crippen LogP contribution in [0.25, 0.3) is 0 Å². The van der Waals surface area contributed by atoms with Crippen molar-refractivity contribution in [2.24, 2.45) is 0 Å². The standard InChI is InChI=1S/C13H14N2O3S/c1-3-9-7-5-6-8-10(9)18-13-15-14-11(19-13)12(16)17-4-2/h5-8H,3-4H2,1-2H3. The van der Waals surface area contributed by atoms with Crippen LogP contribution in [0.4, 0.5) is 0 Å². The van der Waals surface area contributed by atoms with Crippen molar-refractivity contribution < 1.29 is 14.3 Å². The van der Waals surface area contributed by atoms with Gasteiger partial charge in [-0.1, -0.05) is 30.2 Å². The highest BCUT2D eigenvalue weighted by molar-refractivity contribution is 7.14. The number of para-hydroxylation sites is 1. The predicted molar refractivity (Wildman–Crippen MR) is 71.8 cm³/mol. The minimum absolute atomic E-state index is 0.200. The van der Waals surface area contributed by atoms with Crippen molar-refractivity contribution in [3.8, 4) is 10.9 Å². The molecule has 0 aliphatic rings. The van der Waals surface area contributed by atoms with E-state index in [4.69, 9.17) is 9.47 Å². The Kier molecular flexibility index (Phi) is 4.46. The van der Waals surface area contributed by atoms with Crippen LogP contribution in [0.15, 0.2) is 24.3 Å². The van der Waals surface area contributed by atoms with Crippen molar-refractivity contribution >= 4 is 17.3 Å². The molecule has 0 bridgehead atoms. The van der Waals surface area contributed by atoms with E-state index in [1.807, 2.05) is 31.2 Å². The average Bonchev–Trinajstić information content (AvgIpc) is 2.88. The highest BCUT2D eigenvalue weighted by Gasteiger charge is 2.15. The van der Waals surface area contributed by atoms with Gasteiger partial charge in [-0.3, -0.25) is 0 Å². The second-order valence-electron chi connectivity index (χ2n) is 3.66. The lowest BCUT2D eigenvalue weighted by Crippen LogP contribution is -2.03. The number of hydrogen-bond acceptors (Lipinski definition) is 6. The van der Waals surface area contributed by atoms with E-state index >= 15 is 0 Å². The summed E-state index contributed by atoms with van der Waals surface area (Å²) in [6.07, 6.45) is 0.861. The summed E-state index contributed by atoms with van der Waals surface area (Å²) in [7, 11) is 0. The van der Waals surface area contributed by atoms with Gasteiger partial charge in [0.1, 0.15) is 5.75 Å². The molecule has 1 heterocycles. The summed E-state index contributed by atoms with van der Waals surface area (Å²) in [5, 5.41) is 8.13. The van der Waals surface area contributed by atoms with Crippen LogP contribution in [-0.2, 0) is 11.2 Å². The van der Waals surface area contributed by atoms with Crippen LogP contribution in [0, 0.1) is 0 Å².